The summed E-state index contributed by atoms with van der Waals surface area (Å²) < 4.78 is 0. The van der Waals surface area contributed by atoms with Gasteiger partial charge in [-0.2, -0.15) is 0 Å². The van der Waals surface area contributed by atoms with Crippen LogP contribution in [0.2, 0.25) is 0 Å². The van der Waals surface area contributed by atoms with Crippen LogP contribution >= 0.6 is 0 Å². The van der Waals surface area contributed by atoms with Gasteiger partial charge in [0.05, 0.1) is 0 Å². The molecule has 0 spiro atoms. The quantitative estimate of drug-likeness (QED) is 0.774. The molecular weight excluding hydrogens is 252 g/mol. The molecule has 1 heterocycles. The van der Waals surface area contributed by atoms with Gasteiger partial charge in [-0.25, -0.2) is 0 Å². The van der Waals surface area contributed by atoms with Gasteiger partial charge in [-0.05, 0) is 43.4 Å². The highest BCUT2D eigenvalue weighted by atomic mass is 16.2. The second-order valence-electron chi connectivity index (χ2n) is 6.88. The number of hydrogen-bond acceptors (Lipinski definition) is 2. The van der Waals surface area contributed by atoms with E-state index in [1.54, 1.807) is 6.92 Å². The second-order valence-corrected chi connectivity index (χ2v) is 6.88. The third-order valence-electron chi connectivity index (χ3n) is 5.62. The van der Waals surface area contributed by atoms with Crippen molar-refractivity contribution >= 4 is 11.8 Å². The fourth-order valence-corrected chi connectivity index (χ4v) is 4.46. The van der Waals surface area contributed by atoms with Crippen molar-refractivity contribution in [2.75, 3.05) is 26.2 Å². The number of hydrogen-bond donors (Lipinski definition) is 0. The van der Waals surface area contributed by atoms with Crippen LogP contribution in [-0.2, 0) is 9.59 Å². The summed E-state index contributed by atoms with van der Waals surface area (Å²) in [4.78, 5) is 27.8. The zero-order chi connectivity index (χ0) is 14.1. The van der Waals surface area contributed by atoms with E-state index in [-0.39, 0.29) is 5.91 Å². The maximum Gasteiger partial charge on any atom is 0.222 e. The van der Waals surface area contributed by atoms with E-state index in [1.807, 2.05) is 9.80 Å². The molecule has 3 fully saturated rings. The highest BCUT2D eigenvalue weighted by Gasteiger charge is 2.40. The molecule has 3 unspecified atom stereocenters. The highest BCUT2D eigenvalue weighted by molar-refractivity contribution is 5.77. The van der Waals surface area contributed by atoms with Crippen molar-refractivity contribution in [3.8, 4) is 0 Å². The minimum atomic E-state index is 0.132. The molecule has 0 aromatic carbocycles. The van der Waals surface area contributed by atoms with E-state index in [0.29, 0.717) is 18.4 Å². The molecule has 4 heteroatoms. The lowest BCUT2D eigenvalue weighted by Crippen LogP contribution is -2.37. The van der Waals surface area contributed by atoms with Crippen molar-refractivity contribution in [2.45, 2.75) is 45.4 Å². The molecule has 0 N–H and O–H groups in total. The Kier molecular flexibility index (Phi) is 3.99. The van der Waals surface area contributed by atoms with Crippen LogP contribution in [0.25, 0.3) is 0 Å². The topological polar surface area (TPSA) is 40.6 Å². The van der Waals surface area contributed by atoms with E-state index in [0.717, 1.165) is 44.3 Å². The summed E-state index contributed by atoms with van der Waals surface area (Å²) in [5.41, 5.74) is 0. The van der Waals surface area contributed by atoms with Crippen LogP contribution in [0, 0.1) is 17.8 Å². The van der Waals surface area contributed by atoms with Crippen molar-refractivity contribution in [1.29, 1.82) is 0 Å². The first-order chi connectivity index (χ1) is 9.63. The molecular formula is C16H26N2O2. The first-order valence-electron chi connectivity index (χ1n) is 8.16. The lowest BCUT2D eigenvalue weighted by atomic mass is 9.86. The monoisotopic (exact) mass is 278 g/mol. The molecule has 1 saturated heterocycles. The van der Waals surface area contributed by atoms with Gasteiger partial charge in [-0.3, -0.25) is 9.59 Å². The number of nitrogens with zero attached hydrogens (tertiary/aromatic N) is 2. The molecule has 3 atom stereocenters. The Labute approximate surface area is 121 Å². The van der Waals surface area contributed by atoms with Crippen molar-refractivity contribution < 1.29 is 9.59 Å². The lowest BCUT2D eigenvalue weighted by molar-refractivity contribution is -0.133. The van der Waals surface area contributed by atoms with E-state index in [9.17, 15) is 9.59 Å². The third kappa shape index (κ3) is 2.84. The van der Waals surface area contributed by atoms with Crippen molar-refractivity contribution in [3.63, 3.8) is 0 Å². The summed E-state index contributed by atoms with van der Waals surface area (Å²) in [5.74, 6) is 2.84. The van der Waals surface area contributed by atoms with Gasteiger partial charge in [0.1, 0.15) is 0 Å². The highest BCUT2D eigenvalue weighted by Crippen LogP contribution is 2.49. The normalized spacial score (nSPS) is 33.4. The van der Waals surface area contributed by atoms with E-state index >= 15 is 0 Å². The Morgan fingerprint density at radius 3 is 2.40 bits per heavy atom. The minimum Gasteiger partial charge on any atom is -0.341 e. The van der Waals surface area contributed by atoms with Gasteiger partial charge in [0.15, 0.2) is 0 Å². The number of carbonyl (C=O) groups excluding carboxylic acids is 2. The Balaban J connectivity index is 1.51. The van der Waals surface area contributed by atoms with Crippen LogP contribution in [0.15, 0.2) is 0 Å². The summed E-state index contributed by atoms with van der Waals surface area (Å²) in [5, 5.41) is 0. The molecule has 0 aromatic heterocycles. The molecule has 0 aromatic rings. The lowest BCUT2D eigenvalue weighted by Gasteiger charge is -2.26. The van der Waals surface area contributed by atoms with E-state index < -0.39 is 0 Å². The van der Waals surface area contributed by atoms with Gasteiger partial charge in [-0.15, -0.1) is 0 Å². The molecule has 20 heavy (non-hydrogen) atoms. The fraction of sp³-hybridized carbons (Fsp3) is 0.875. The van der Waals surface area contributed by atoms with Crippen LogP contribution in [0.3, 0.4) is 0 Å². The predicted octanol–water partition coefficient (Wildman–Crippen LogP) is 1.89. The second kappa shape index (κ2) is 5.74. The van der Waals surface area contributed by atoms with Gasteiger partial charge < -0.3 is 9.80 Å². The number of fused-ring (bicyclic) bond motifs is 2. The van der Waals surface area contributed by atoms with Gasteiger partial charge in [0, 0.05) is 39.5 Å². The van der Waals surface area contributed by atoms with Crippen LogP contribution in [0.4, 0.5) is 0 Å². The maximum absolute atomic E-state index is 12.5. The summed E-state index contributed by atoms with van der Waals surface area (Å²) >= 11 is 0. The average Bonchev–Trinajstić information content (AvgIpc) is 2.92. The Morgan fingerprint density at radius 1 is 1.00 bits per heavy atom. The molecule has 2 saturated carbocycles. The molecule has 4 nitrogen and oxygen atoms in total. The first kappa shape index (κ1) is 13.9. The van der Waals surface area contributed by atoms with Crippen molar-refractivity contribution in [3.05, 3.63) is 0 Å². The van der Waals surface area contributed by atoms with Crippen LogP contribution in [0.1, 0.15) is 45.4 Å². The summed E-state index contributed by atoms with van der Waals surface area (Å²) in [6, 6.07) is 0. The zero-order valence-corrected chi connectivity index (χ0v) is 12.5. The van der Waals surface area contributed by atoms with E-state index in [1.165, 1.54) is 25.7 Å². The van der Waals surface area contributed by atoms with Crippen LogP contribution < -0.4 is 0 Å². The average molecular weight is 278 g/mol. The van der Waals surface area contributed by atoms with Gasteiger partial charge in [0.25, 0.3) is 0 Å². The molecule has 2 bridgehead atoms. The van der Waals surface area contributed by atoms with E-state index in [2.05, 4.69) is 0 Å². The van der Waals surface area contributed by atoms with Crippen LogP contribution in [0.5, 0.6) is 0 Å². The molecule has 2 amide bonds. The molecule has 112 valence electrons. The fourth-order valence-electron chi connectivity index (χ4n) is 4.46. The zero-order valence-electron chi connectivity index (χ0n) is 12.5. The molecule has 0 radical (unpaired) electrons. The minimum absolute atomic E-state index is 0.132. The molecule has 1 aliphatic heterocycles. The third-order valence-corrected chi connectivity index (χ3v) is 5.62. The maximum atomic E-state index is 12.5. The van der Waals surface area contributed by atoms with Gasteiger partial charge >= 0.3 is 0 Å². The number of rotatable bonds is 2. The van der Waals surface area contributed by atoms with Crippen molar-refractivity contribution in [1.82, 2.24) is 9.80 Å². The molecule has 3 rings (SSSR count). The van der Waals surface area contributed by atoms with Gasteiger partial charge in [0.2, 0.25) is 11.8 Å². The molecule has 3 aliphatic rings. The summed E-state index contributed by atoms with van der Waals surface area (Å²) in [7, 11) is 0. The van der Waals surface area contributed by atoms with E-state index in [4.69, 9.17) is 0 Å². The van der Waals surface area contributed by atoms with Crippen LogP contribution in [-0.4, -0.2) is 47.8 Å². The number of carbonyl (C=O) groups is 2. The largest absolute Gasteiger partial charge is 0.341 e. The Morgan fingerprint density at radius 2 is 1.75 bits per heavy atom. The Hall–Kier alpha value is -1.06. The first-order valence-corrected chi connectivity index (χ1v) is 8.16. The predicted molar refractivity (Wildman–Crippen MR) is 77.0 cm³/mol. The van der Waals surface area contributed by atoms with Crippen molar-refractivity contribution in [2.24, 2.45) is 17.8 Å². The molecule has 2 aliphatic carbocycles. The smallest absolute Gasteiger partial charge is 0.222 e. The Bertz CT molecular complexity index is 396. The standard InChI is InChI=1S/C16H26N2O2/c1-12(19)17-5-2-6-18(8-7-17)16(20)11-15-10-13-3-4-14(15)9-13/h13-15H,2-11H2,1H3. The summed E-state index contributed by atoms with van der Waals surface area (Å²) in [6.07, 6.45) is 7.07. The summed E-state index contributed by atoms with van der Waals surface area (Å²) in [6.45, 7) is 4.67. The SMILES string of the molecule is CC(=O)N1CCCN(C(=O)CC2CC3CCC2C3)CC1. The van der Waals surface area contributed by atoms with Gasteiger partial charge in [-0.1, -0.05) is 6.42 Å². The number of amides is 2.